The number of methoxy groups -OCH3 is 1. The van der Waals surface area contributed by atoms with Gasteiger partial charge in [0.1, 0.15) is 5.75 Å². The molecule has 152 valence electrons. The number of ether oxygens (including phenoxy) is 1. The number of unbranched alkanes of at least 4 members (excludes halogenated alkanes) is 4. The molecule has 0 atom stereocenters. The number of aryl methyl sites for hydroxylation is 1. The van der Waals surface area contributed by atoms with Gasteiger partial charge in [-0.15, -0.1) is 0 Å². The summed E-state index contributed by atoms with van der Waals surface area (Å²) in [6.07, 6.45) is 14.2. The fourth-order valence-electron chi connectivity index (χ4n) is 4.84. The van der Waals surface area contributed by atoms with Crippen LogP contribution in [-0.4, -0.2) is 7.11 Å². The van der Waals surface area contributed by atoms with E-state index in [0.717, 1.165) is 17.6 Å². The zero-order valence-electron chi connectivity index (χ0n) is 18.2. The zero-order chi connectivity index (χ0) is 19.8. The molecule has 1 heteroatoms. The quantitative estimate of drug-likeness (QED) is 0.399. The molecule has 2 aromatic rings. The van der Waals surface area contributed by atoms with Crippen molar-refractivity contribution in [2.24, 2.45) is 5.92 Å². The van der Waals surface area contributed by atoms with Gasteiger partial charge in [0.05, 0.1) is 7.11 Å². The molecule has 1 fully saturated rings. The van der Waals surface area contributed by atoms with Crippen molar-refractivity contribution in [3.05, 3.63) is 53.6 Å². The van der Waals surface area contributed by atoms with Crippen LogP contribution in [0.25, 0.3) is 11.1 Å². The minimum absolute atomic E-state index is 0.766. The average molecular weight is 379 g/mol. The van der Waals surface area contributed by atoms with E-state index in [9.17, 15) is 0 Å². The normalized spacial score (nSPS) is 19.5. The third-order valence-corrected chi connectivity index (χ3v) is 6.69. The number of benzene rings is 2. The Bertz CT molecular complexity index is 708. The molecule has 0 unspecified atom stereocenters. The zero-order valence-corrected chi connectivity index (χ0v) is 18.2. The van der Waals surface area contributed by atoms with Crippen molar-refractivity contribution in [3.63, 3.8) is 0 Å². The van der Waals surface area contributed by atoms with E-state index in [4.69, 9.17) is 4.74 Å². The Morgan fingerprint density at radius 2 is 1.57 bits per heavy atom. The molecule has 0 N–H and O–H groups in total. The Labute approximate surface area is 172 Å². The second-order valence-corrected chi connectivity index (χ2v) is 8.72. The number of hydrogen-bond donors (Lipinski definition) is 0. The van der Waals surface area contributed by atoms with Crippen molar-refractivity contribution in [2.45, 2.75) is 84.0 Å². The predicted molar refractivity (Wildman–Crippen MR) is 121 cm³/mol. The molecule has 0 heterocycles. The van der Waals surface area contributed by atoms with E-state index in [1.54, 1.807) is 7.11 Å². The molecule has 28 heavy (non-hydrogen) atoms. The fourth-order valence-corrected chi connectivity index (χ4v) is 4.84. The summed E-state index contributed by atoms with van der Waals surface area (Å²) >= 11 is 0. The molecule has 0 amide bonds. The van der Waals surface area contributed by atoms with E-state index in [2.05, 4.69) is 56.3 Å². The lowest BCUT2D eigenvalue weighted by atomic mass is 9.77. The first-order valence-corrected chi connectivity index (χ1v) is 11.5. The summed E-state index contributed by atoms with van der Waals surface area (Å²) in [6, 6.07) is 15.7. The average Bonchev–Trinajstić information content (AvgIpc) is 2.74. The lowest BCUT2D eigenvalue weighted by Crippen LogP contribution is -2.13. The van der Waals surface area contributed by atoms with Gasteiger partial charge in [0.15, 0.2) is 0 Å². The highest BCUT2D eigenvalue weighted by Crippen LogP contribution is 2.38. The van der Waals surface area contributed by atoms with Crippen LogP contribution in [-0.2, 0) is 0 Å². The molecule has 1 aliphatic carbocycles. The summed E-state index contributed by atoms with van der Waals surface area (Å²) in [6.45, 7) is 4.46. The summed E-state index contributed by atoms with van der Waals surface area (Å²) in [5.74, 6) is 2.68. The van der Waals surface area contributed by atoms with E-state index in [1.165, 1.54) is 86.5 Å². The Morgan fingerprint density at radius 1 is 0.857 bits per heavy atom. The maximum atomic E-state index is 5.33. The van der Waals surface area contributed by atoms with Crippen LogP contribution in [0.5, 0.6) is 5.75 Å². The second-order valence-electron chi connectivity index (χ2n) is 8.72. The molecule has 2 aromatic carbocycles. The molecule has 3 rings (SSSR count). The minimum atomic E-state index is 0.766. The molecular formula is C27H38O. The summed E-state index contributed by atoms with van der Waals surface area (Å²) in [5, 5.41) is 0. The Kier molecular flexibility index (Phi) is 8.01. The Balaban J connectivity index is 1.51. The van der Waals surface area contributed by atoms with Gasteiger partial charge in [0.25, 0.3) is 0 Å². The lowest BCUT2D eigenvalue weighted by Gasteiger charge is -2.29. The van der Waals surface area contributed by atoms with Crippen LogP contribution in [0.2, 0.25) is 0 Å². The molecule has 0 radical (unpaired) electrons. The van der Waals surface area contributed by atoms with Gasteiger partial charge in [-0.1, -0.05) is 75.8 Å². The van der Waals surface area contributed by atoms with Crippen LogP contribution in [0.4, 0.5) is 0 Å². The molecule has 1 saturated carbocycles. The van der Waals surface area contributed by atoms with E-state index in [0.29, 0.717) is 0 Å². The first-order chi connectivity index (χ1) is 13.7. The summed E-state index contributed by atoms with van der Waals surface area (Å²) in [5.41, 5.74) is 5.42. The SMILES string of the molecule is CCCCCCCC1CCC(c2ccc(-c3ccc(OC)cc3C)cc2)CC1. The van der Waals surface area contributed by atoms with E-state index in [-0.39, 0.29) is 0 Å². The van der Waals surface area contributed by atoms with E-state index in [1.807, 2.05) is 0 Å². The van der Waals surface area contributed by atoms with Crippen molar-refractivity contribution < 1.29 is 4.74 Å². The van der Waals surface area contributed by atoms with Crippen molar-refractivity contribution in [2.75, 3.05) is 7.11 Å². The van der Waals surface area contributed by atoms with Crippen molar-refractivity contribution in [1.29, 1.82) is 0 Å². The summed E-state index contributed by atoms with van der Waals surface area (Å²) < 4.78 is 5.33. The Morgan fingerprint density at radius 3 is 2.21 bits per heavy atom. The highest BCUT2D eigenvalue weighted by molar-refractivity contribution is 5.68. The Hall–Kier alpha value is -1.76. The van der Waals surface area contributed by atoms with Crippen molar-refractivity contribution >= 4 is 0 Å². The smallest absolute Gasteiger partial charge is 0.119 e. The maximum Gasteiger partial charge on any atom is 0.119 e. The van der Waals surface area contributed by atoms with E-state index < -0.39 is 0 Å². The van der Waals surface area contributed by atoms with Crippen LogP contribution in [0.1, 0.15) is 88.2 Å². The van der Waals surface area contributed by atoms with Gasteiger partial charge in [0, 0.05) is 0 Å². The molecule has 0 aliphatic heterocycles. The van der Waals surface area contributed by atoms with Gasteiger partial charge in [-0.2, -0.15) is 0 Å². The first-order valence-electron chi connectivity index (χ1n) is 11.5. The number of hydrogen-bond acceptors (Lipinski definition) is 1. The standard InChI is InChI=1S/C27H38O/c1-4-5-6-7-8-9-22-10-12-23(13-11-22)24-14-16-25(17-15-24)27-19-18-26(28-3)20-21(27)2/h14-20,22-23H,4-13H2,1-3H3. The maximum absolute atomic E-state index is 5.33. The molecule has 1 aliphatic rings. The van der Waals surface area contributed by atoms with Gasteiger partial charge in [0.2, 0.25) is 0 Å². The first kappa shape index (κ1) is 21.0. The molecule has 0 bridgehead atoms. The van der Waals surface area contributed by atoms with Crippen LogP contribution in [0, 0.1) is 12.8 Å². The molecular weight excluding hydrogens is 340 g/mol. The van der Waals surface area contributed by atoms with Crippen molar-refractivity contribution in [1.82, 2.24) is 0 Å². The fraction of sp³-hybridized carbons (Fsp3) is 0.556. The van der Waals surface area contributed by atoms with Gasteiger partial charge in [-0.05, 0) is 78.8 Å². The number of rotatable bonds is 9. The topological polar surface area (TPSA) is 9.23 Å². The highest BCUT2D eigenvalue weighted by Gasteiger charge is 2.22. The molecule has 0 saturated heterocycles. The van der Waals surface area contributed by atoms with E-state index >= 15 is 0 Å². The predicted octanol–water partition coefficient (Wildman–Crippen LogP) is 8.30. The van der Waals surface area contributed by atoms with Gasteiger partial charge in [-0.3, -0.25) is 0 Å². The lowest BCUT2D eigenvalue weighted by molar-refractivity contribution is 0.302. The van der Waals surface area contributed by atoms with Gasteiger partial charge < -0.3 is 4.74 Å². The third-order valence-electron chi connectivity index (χ3n) is 6.69. The van der Waals surface area contributed by atoms with Crippen molar-refractivity contribution in [3.8, 4) is 16.9 Å². The minimum Gasteiger partial charge on any atom is -0.497 e. The van der Waals surface area contributed by atoms with Crippen LogP contribution >= 0.6 is 0 Å². The highest BCUT2D eigenvalue weighted by atomic mass is 16.5. The van der Waals surface area contributed by atoms with Gasteiger partial charge in [-0.25, -0.2) is 0 Å². The van der Waals surface area contributed by atoms with Gasteiger partial charge >= 0.3 is 0 Å². The van der Waals surface area contributed by atoms with Crippen LogP contribution in [0.15, 0.2) is 42.5 Å². The monoisotopic (exact) mass is 378 g/mol. The summed E-state index contributed by atoms with van der Waals surface area (Å²) in [7, 11) is 1.73. The summed E-state index contributed by atoms with van der Waals surface area (Å²) in [4.78, 5) is 0. The second kappa shape index (κ2) is 10.7. The third kappa shape index (κ3) is 5.63. The molecule has 0 spiro atoms. The largest absolute Gasteiger partial charge is 0.497 e. The van der Waals surface area contributed by atoms with Crippen LogP contribution in [0.3, 0.4) is 0 Å². The molecule has 0 aromatic heterocycles. The van der Waals surface area contributed by atoms with Crippen LogP contribution < -0.4 is 4.74 Å². The molecule has 1 nitrogen and oxygen atoms in total.